The maximum atomic E-state index is 12.6. The summed E-state index contributed by atoms with van der Waals surface area (Å²) in [5.41, 5.74) is 1.33. The summed E-state index contributed by atoms with van der Waals surface area (Å²) in [4.78, 5) is 26.5. The van der Waals surface area contributed by atoms with Crippen LogP contribution in [0.25, 0.3) is 0 Å². The van der Waals surface area contributed by atoms with Gasteiger partial charge in [0.1, 0.15) is 11.5 Å². The molecule has 1 aliphatic rings. The predicted octanol–water partition coefficient (Wildman–Crippen LogP) is 2.70. The van der Waals surface area contributed by atoms with Crippen molar-refractivity contribution in [1.82, 2.24) is 0 Å². The highest BCUT2D eigenvalue weighted by atomic mass is 16.5. The van der Waals surface area contributed by atoms with E-state index in [1.165, 1.54) is 0 Å². The third-order valence-electron chi connectivity index (χ3n) is 4.23. The fourth-order valence-corrected chi connectivity index (χ4v) is 2.89. The molecule has 1 atom stereocenters. The van der Waals surface area contributed by atoms with Crippen LogP contribution in [-0.2, 0) is 9.59 Å². The maximum Gasteiger partial charge on any atom is 0.229 e. The first-order chi connectivity index (χ1) is 12.1. The average Bonchev–Trinajstić information content (AvgIpc) is 3.04. The number of anilines is 2. The molecule has 1 aliphatic heterocycles. The van der Waals surface area contributed by atoms with Crippen molar-refractivity contribution in [1.29, 1.82) is 0 Å². The van der Waals surface area contributed by atoms with Gasteiger partial charge in [-0.15, -0.1) is 0 Å². The number of hydrogen-bond acceptors (Lipinski definition) is 4. The van der Waals surface area contributed by atoms with Crippen LogP contribution >= 0.6 is 0 Å². The smallest absolute Gasteiger partial charge is 0.229 e. The molecule has 1 N–H and O–H groups in total. The van der Waals surface area contributed by atoms with Gasteiger partial charge in [0.25, 0.3) is 0 Å². The van der Waals surface area contributed by atoms with Crippen molar-refractivity contribution in [3.05, 3.63) is 48.5 Å². The van der Waals surface area contributed by atoms with Crippen LogP contribution in [0.2, 0.25) is 0 Å². The topological polar surface area (TPSA) is 67.9 Å². The minimum atomic E-state index is -0.413. The van der Waals surface area contributed by atoms with Crippen molar-refractivity contribution in [3.63, 3.8) is 0 Å². The van der Waals surface area contributed by atoms with Crippen molar-refractivity contribution < 1.29 is 19.1 Å². The van der Waals surface area contributed by atoms with E-state index in [2.05, 4.69) is 5.32 Å². The fourth-order valence-electron chi connectivity index (χ4n) is 2.89. The van der Waals surface area contributed by atoms with Gasteiger partial charge in [-0.25, -0.2) is 0 Å². The summed E-state index contributed by atoms with van der Waals surface area (Å²) in [6.45, 7) is 0.340. The zero-order chi connectivity index (χ0) is 17.8. The molecule has 130 valence electrons. The van der Waals surface area contributed by atoms with Crippen molar-refractivity contribution in [3.8, 4) is 11.5 Å². The number of nitrogens with one attached hydrogen (secondary N) is 1. The van der Waals surface area contributed by atoms with Gasteiger partial charge < -0.3 is 19.7 Å². The predicted molar refractivity (Wildman–Crippen MR) is 95.1 cm³/mol. The van der Waals surface area contributed by atoms with Crippen LogP contribution in [0.15, 0.2) is 48.5 Å². The molecule has 6 nitrogen and oxygen atoms in total. The molecule has 6 heteroatoms. The Labute approximate surface area is 146 Å². The van der Waals surface area contributed by atoms with Gasteiger partial charge in [-0.05, 0) is 24.3 Å². The number of benzene rings is 2. The molecule has 0 spiro atoms. The van der Waals surface area contributed by atoms with Gasteiger partial charge in [0.15, 0.2) is 0 Å². The molecule has 0 aromatic heterocycles. The zero-order valence-corrected chi connectivity index (χ0v) is 14.2. The molecule has 0 bridgehead atoms. The molecule has 0 unspecified atom stereocenters. The minimum Gasteiger partial charge on any atom is -0.497 e. The lowest BCUT2D eigenvalue weighted by atomic mass is 10.1. The van der Waals surface area contributed by atoms with E-state index >= 15 is 0 Å². The zero-order valence-electron chi connectivity index (χ0n) is 14.2. The van der Waals surface area contributed by atoms with Crippen LogP contribution in [0.4, 0.5) is 11.4 Å². The first-order valence-corrected chi connectivity index (χ1v) is 8.00. The first-order valence-electron chi connectivity index (χ1n) is 8.00. The molecule has 2 amide bonds. The molecule has 3 rings (SSSR count). The summed E-state index contributed by atoms with van der Waals surface area (Å²) in [5.74, 6) is 0.581. The SMILES string of the molecule is COc1cccc(N2C[C@@H](C(=O)Nc3ccccc3OC)CC2=O)c1. The van der Waals surface area contributed by atoms with Gasteiger partial charge in [0.2, 0.25) is 11.8 Å². The minimum absolute atomic E-state index is 0.0755. The van der Waals surface area contributed by atoms with Crippen molar-refractivity contribution >= 4 is 23.2 Å². The molecule has 2 aromatic carbocycles. The summed E-state index contributed by atoms with van der Waals surface area (Å²) in [6, 6.07) is 14.5. The molecule has 0 radical (unpaired) electrons. The second-order valence-electron chi connectivity index (χ2n) is 5.80. The number of ether oxygens (including phenoxy) is 2. The van der Waals surface area contributed by atoms with Crippen molar-refractivity contribution in [2.75, 3.05) is 31.0 Å². The monoisotopic (exact) mass is 340 g/mol. The molecule has 2 aromatic rings. The van der Waals surface area contributed by atoms with Crippen LogP contribution in [0.1, 0.15) is 6.42 Å². The van der Waals surface area contributed by atoms with Crippen LogP contribution < -0.4 is 19.7 Å². The lowest BCUT2D eigenvalue weighted by molar-refractivity contribution is -0.122. The molecule has 1 saturated heterocycles. The lowest BCUT2D eigenvalue weighted by Crippen LogP contribution is -2.28. The molecule has 25 heavy (non-hydrogen) atoms. The number of methoxy groups -OCH3 is 2. The van der Waals surface area contributed by atoms with Gasteiger partial charge in [0.05, 0.1) is 25.8 Å². The van der Waals surface area contributed by atoms with Crippen LogP contribution in [-0.4, -0.2) is 32.6 Å². The Balaban J connectivity index is 1.72. The molecule has 0 saturated carbocycles. The largest absolute Gasteiger partial charge is 0.497 e. The van der Waals surface area contributed by atoms with Crippen molar-refractivity contribution in [2.24, 2.45) is 5.92 Å². The lowest BCUT2D eigenvalue weighted by Gasteiger charge is -2.17. The summed E-state index contributed by atoms with van der Waals surface area (Å²) < 4.78 is 10.4. The Bertz CT molecular complexity index is 790. The highest BCUT2D eigenvalue weighted by molar-refractivity contribution is 6.04. The number of carbonyl (C=O) groups is 2. The summed E-state index contributed by atoms with van der Waals surface area (Å²) in [6.07, 6.45) is 0.179. The van der Waals surface area contributed by atoms with Crippen LogP contribution in [0.5, 0.6) is 11.5 Å². The highest BCUT2D eigenvalue weighted by Crippen LogP contribution is 2.29. The second kappa shape index (κ2) is 7.25. The van der Waals surface area contributed by atoms with Gasteiger partial charge in [0, 0.05) is 24.7 Å². The molecule has 0 aliphatic carbocycles. The Hall–Kier alpha value is -3.02. The fraction of sp³-hybridized carbons (Fsp3) is 0.263. The van der Waals surface area contributed by atoms with E-state index in [4.69, 9.17) is 9.47 Å². The van der Waals surface area contributed by atoms with Gasteiger partial charge >= 0.3 is 0 Å². The number of amides is 2. The normalized spacial score (nSPS) is 16.6. The third kappa shape index (κ3) is 3.57. The summed E-state index contributed by atoms with van der Waals surface area (Å²) in [5, 5.41) is 2.85. The number of nitrogens with zero attached hydrogens (tertiary/aromatic N) is 1. The molecular formula is C19H20N2O4. The van der Waals surface area contributed by atoms with E-state index in [0.29, 0.717) is 23.7 Å². The Morgan fingerprint density at radius 1 is 1.12 bits per heavy atom. The maximum absolute atomic E-state index is 12.6. The van der Waals surface area contributed by atoms with E-state index in [1.54, 1.807) is 37.3 Å². The van der Waals surface area contributed by atoms with E-state index in [9.17, 15) is 9.59 Å². The summed E-state index contributed by atoms with van der Waals surface area (Å²) >= 11 is 0. The molecule has 1 fully saturated rings. The second-order valence-corrected chi connectivity index (χ2v) is 5.80. The Morgan fingerprint density at radius 3 is 2.68 bits per heavy atom. The van der Waals surface area contributed by atoms with Gasteiger partial charge in [-0.2, -0.15) is 0 Å². The quantitative estimate of drug-likeness (QED) is 0.909. The Morgan fingerprint density at radius 2 is 1.92 bits per heavy atom. The van der Waals surface area contributed by atoms with Gasteiger partial charge in [-0.3, -0.25) is 9.59 Å². The van der Waals surface area contributed by atoms with Crippen LogP contribution in [0, 0.1) is 5.92 Å². The average molecular weight is 340 g/mol. The number of rotatable bonds is 5. The number of carbonyl (C=O) groups excluding carboxylic acids is 2. The molecule has 1 heterocycles. The highest BCUT2D eigenvalue weighted by Gasteiger charge is 2.35. The van der Waals surface area contributed by atoms with E-state index in [0.717, 1.165) is 5.69 Å². The number of hydrogen-bond donors (Lipinski definition) is 1. The standard InChI is InChI=1S/C19H20N2O4/c1-24-15-7-5-6-14(11-15)21-12-13(10-18(21)22)19(23)20-16-8-3-4-9-17(16)25-2/h3-9,11,13H,10,12H2,1-2H3,(H,20,23)/t13-/m0/s1. The van der Waals surface area contributed by atoms with Crippen molar-refractivity contribution in [2.45, 2.75) is 6.42 Å². The first kappa shape index (κ1) is 16.8. The van der Waals surface area contributed by atoms with E-state index in [1.807, 2.05) is 30.3 Å². The van der Waals surface area contributed by atoms with Crippen LogP contribution in [0.3, 0.4) is 0 Å². The number of para-hydroxylation sites is 2. The van der Waals surface area contributed by atoms with E-state index < -0.39 is 5.92 Å². The van der Waals surface area contributed by atoms with E-state index in [-0.39, 0.29) is 18.2 Å². The van der Waals surface area contributed by atoms with Gasteiger partial charge in [-0.1, -0.05) is 18.2 Å². The Kier molecular flexibility index (Phi) is 4.88. The molecular weight excluding hydrogens is 320 g/mol. The summed E-state index contributed by atoms with van der Waals surface area (Å²) in [7, 11) is 3.13. The third-order valence-corrected chi connectivity index (χ3v) is 4.23.